The van der Waals surface area contributed by atoms with Crippen LogP contribution >= 0.6 is 11.6 Å². The van der Waals surface area contributed by atoms with Crippen LogP contribution in [0.15, 0.2) is 24.3 Å². The number of nitrogens with zero attached hydrogens (tertiary/aromatic N) is 3. The van der Waals surface area contributed by atoms with Gasteiger partial charge in [0.25, 0.3) is 0 Å². The minimum Gasteiger partial charge on any atom is -0.354 e. The molecular weight excluding hydrogens is 293 g/mol. The highest BCUT2D eigenvalue weighted by Crippen LogP contribution is 2.11. The zero-order chi connectivity index (χ0) is 15.1. The molecule has 0 amide bonds. The SMILES string of the molecule is CCCNc1nc(Cl)nc(NCCc2ccccc2F)n1. The maximum absolute atomic E-state index is 13.5. The topological polar surface area (TPSA) is 62.7 Å². The number of nitrogens with one attached hydrogen (secondary N) is 2. The Hall–Kier alpha value is -1.95. The summed E-state index contributed by atoms with van der Waals surface area (Å²) in [6.07, 6.45) is 1.49. The Kier molecular flexibility index (Phi) is 5.68. The van der Waals surface area contributed by atoms with E-state index in [0.717, 1.165) is 13.0 Å². The van der Waals surface area contributed by atoms with Gasteiger partial charge in [-0.3, -0.25) is 0 Å². The third kappa shape index (κ3) is 4.82. The van der Waals surface area contributed by atoms with Gasteiger partial charge in [0.05, 0.1) is 0 Å². The predicted octanol–water partition coefficient (Wildman–Crippen LogP) is 3.14. The van der Waals surface area contributed by atoms with Crippen LogP contribution in [-0.4, -0.2) is 28.0 Å². The van der Waals surface area contributed by atoms with Gasteiger partial charge in [0, 0.05) is 13.1 Å². The fourth-order valence-corrected chi connectivity index (χ4v) is 1.92. The third-order valence-electron chi connectivity index (χ3n) is 2.78. The first kappa shape index (κ1) is 15.4. The summed E-state index contributed by atoms with van der Waals surface area (Å²) in [5.74, 6) is 0.605. The maximum atomic E-state index is 13.5. The molecule has 2 N–H and O–H groups in total. The molecule has 0 aliphatic carbocycles. The lowest BCUT2D eigenvalue weighted by molar-refractivity contribution is 0.610. The molecule has 0 fully saturated rings. The molecule has 0 unspecified atom stereocenters. The van der Waals surface area contributed by atoms with Crippen LogP contribution in [0.2, 0.25) is 5.28 Å². The Balaban J connectivity index is 1.93. The first-order chi connectivity index (χ1) is 10.2. The molecule has 5 nitrogen and oxygen atoms in total. The maximum Gasteiger partial charge on any atom is 0.228 e. The lowest BCUT2D eigenvalue weighted by Gasteiger charge is -2.08. The summed E-state index contributed by atoms with van der Waals surface area (Å²) in [7, 11) is 0. The van der Waals surface area contributed by atoms with Gasteiger partial charge in [-0.25, -0.2) is 4.39 Å². The average molecular weight is 310 g/mol. The molecule has 2 aromatic rings. The Morgan fingerprint density at radius 1 is 1.05 bits per heavy atom. The number of rotatable bonds is 7. The Morgan fingerprint density at radius 2 is 1.71 bits per heavy atom. The molecule has 0 aliphatic rings. The van der Waals surface area contributed by atoms with Crippen molar-refractivity contribution in [2.75, 3.05) is 23.7 Å². The van der Waals surface area contributed by atoms with Crippen molar-refractivity contribution < 1.29 is 4.39 Å². The summed E-state index contributed by atoms with van der Waals surface area (Å²) in [6.45, 7) is 3.31. The van der Waals surface area contributed by atoms with Crippen molar-refractivity contribution in [3.8, 4) is 0 Å². The second-order valence-corrected chi connectivity index (χ2v) is 4.78. The fraction of sp³-hybridized carbons (Fsp3) is 0.357. The Morgan fingerprint density at radius 3 is 2.38 bits per heavy atom. The molecule has 0 atom stereocenters. The molecule has 0 saturated heterocycles. The third-order valence-corrected chi connectivity index (χ3v) is 2.95. The van der Waals surface area contributed by atoms with E-state index in [9.17, 15) is 4.39 Å². The Labute approximate surface area is 128 Å². The van der Waals surface area contributed by atoms with Crippen molar-refractivity contribution in [1.82, 2.24) is 15.0 Å². The summed E-state index contributed by atoms with van der Waals surface area (Å²) in [6, 6.07) is 6.68. The second kappa shape index (κ2) is 7.73. The predicted molar refractivity (Wildman–Crippen MR) is 82.2 cm³/mol. The highest BCUT2D eigenvalue weighted by Gasteiger charge is 2.05. The van der Waals surface area contributed by atoms with Gasteiger partial charge in [0.2, 0.25) is 17.2 Å². The standard InChI is InChI=1S/C14H17ClFN5/c1-2-8-17-13-19-12(15)20-14(21-13)18-9-7-10-5-3-4-6-11(10)16/h3-6H,2,7-9H2,1H3,(H2,17,18,19,20,21). The van der Waals surface area contributed by atoms with E-state index in [2.05, 4.69) is 25.6 Å². The summed E-state index contributed by atoms with van der Waals surface area (Å²) in [4.78, 5) is 12.2. The van der Waals surface area contributed by atoms with Crippen LogP contribution in [0.4, 0.5) is 16.3 Å². The molecule has 1 aromatic carbocycles. The molecule has 0 spiro atoms. The highest BCUT2D eigenvalue weighted by atomic mass is 35.5. The van der Waals surface area contributed by atoms with Gasteiger partial charge in [-0.1, -0.05) is 25.1 Å². The number of hydrogen-bond donors (Lipinski definition) is 2. The summed E-state index contributed by atoms with van der Waals surface area (Å²) < 4.78 is 13.5. The molecule has 7 heteroatoms. The van der Waals surface area contributed by atoms with E-state index in [1.807, 2.05) is 13.0 Å². The number of benzene rings is 1. The molecule has 1 aromatic heterocycles. The number of anilines is 2. The lowest BCUT2D eigenvalue weighted by Crippen LogP contribution is -2.12. The molecule has 2 rings (SSSR count). The molecular formula is C14H17ClFN5. The van der Waals surface area contributed by atoms with Gasteiger partial charge in [-0.2, -0.15) is 15.0 Å². The van der Waals surface area contributed by atoms with E-state index in [-0.39, 0.29) is 11.1 Å². The van der Waals surface area contributed by atoms with Crippen LogP contribution in [0.25, 0.3) is 0 Å². The number of aromatic nitrogens is 3. The highest BCUT2D eigenvalue weighted by molar-refractivity contribution is 6.28. The first-order valence-corrected chi connectivity index (χ1v) is 7.19. The van der Waals surface area contributed by atoms with Crippen molar-refractivity contribution in [2.24, 2.45) is 0 Å². The molecule has 0 bridgehead atoms. The summed E-state index contributed by atoms with van der Waals surface area (Å²) in [5.41, 5.74) is 0.648. The van der Waals surface area contributed by atoms with E-state index < -0.39 is 0 Å². The van der Waals surface area contributed by atoms with Crippen LogP contribution in [0.5, 0.6) is 0 Å². The zero-order valence-electron chi connectivity index (χ0n) is 11.7. The molecule has 21 heavy (non-hydrogen) atoms. The van der Waals surface area contributed by atoms with Crippen LogP contribution in [0, 0.1) is 5.82 Å². The first-order valence-electron chi connectivity index (χ1n) is 6.81. The molecule has 112 valence electrons. The van der Waals surface area contributed by atoms with Crippen LogP contribution in [0.3, 0.4) is 0 Å². The van der Waals surface area contributed by atoms with Gasteiger partial charge in [0.15, 0.2) is 0 Å². The van der Waals surface area contributed by atoms with E-state index in [1.165, 1.54) is 6.07 Å². The monoisotopic (exact) mass is 309 g/mol. The van der Waals surface area contributed by atoms with Crippen molar-refractivity contribution in [3.05, 3.63) is 40.9 Å². The molecule has 0 saturated carbocycles. The molecule has 0 radical (unpaired) electrons. The van der Waals surface area contributed by atoms with Crippen LogP contribution in [0.1, 0.15) is 18.9 Å². The average Bonchev–Trinajstić information content (AvgIpc) is 2.47. The second-order valence-electron chi connectivity index (χ2n) is 4.45. The van der Waals surface area contributed by atoms with Gasteiger partial charge >= 0.3 is 0 Å². The lowest BCUT2D eigenvalue weighted by atomic mass is 10.1. The van der Waals surface area contributed by atoms with Gasteiger partial charge in [0.1, 0.15) is 5.82 Å². The molecule has 0 aliphatic heterocycles. The minimum absolute atomic E-state index is 0.122. The minimum atomic E-state index is -0.210. The fourth-order valence-electron chi connectivity index (χ4n) is 1.76. The summed E-state index contributed by atoms with van der Waals surface area (Å²) in [5, 5.41) is 6.19. The van der Waals surface area contributed by atoms with Crippen molar-refractivity contribution in [3.63, 3.8) is 0 Å². The van der Waals surface area contributed by atoms with Crippen molar-refractivity contribution >= 4 is 23.5 Å². The normalized spacial score (nSPS) is 10.4. The molecule has 1 heterocycles. The van der Waals surface area contributed by atoms with Gasteiger partial charge in [-0.05, 0) is 36.1 Å². The van der Waals surface area contributed by atoms with E-state index in [0.29, 0.717) is 30.4 Å². The summed E-state index contributed by atoms with van der Waals surface area (Å²) >= 11 is 5.85. The Bertz CT molecular complexity index is 593. The van der Waals surface area contributed by atoms with Gasteiger partial charge in [-0.15, -0.1) is 0 Å². The van der Waals surface area contributed by atoms with E-state index in [4.69, 9.17) is 11.6 Å². The van der Waals surface area contributed by atoms with Crippen molar-refractivity contribution in [2.45, 2.75) is 19.8 Å². The number of hydrogen-bond acceptors (Lipinski definition) is 5. The van der Waals surface area contributed by atoms with E-state index >= 15 is 0 Å². The van der Waals surface area contributed by atoms with Crippen LogP contribution < -0.4 is 10.6 Å². The number of halogens is 2. The quantitative estimate of drug-likeness (QED) is 0.822. The van der Waals surface area contributed by atoms with Crippen LogP contribution in [-0.2, 0) is 6.42 Å². The van der Waals surface area contributed by atoms with Crippen molar-refractivity contribution in [1.29, 1.82) is 0 Å². The largest absolute Gasteiger partial charge is 0.354 e. The smallest absolute Gasteiger partial charge is 0.228 e. The van der Waals surface area contributed by atoms with Gasteiger partial charge < -0.3 is 10.6 Å². The van der Waals surface area contributed by atoms with E-state index in [1.54, 1.807) is 12.1 Å². The zero-order valence-corrected chi connectivity index (χ0v) is 12.5.